The predicted molar refractivity (Wildman–Crippen MR) is 70.3 cm³/mol. The molecule has 0 atom stereocenters. The zero-order chi connectivity index (χ0) is 12.3. The molecule has 0 spiro atoms. The van der Waals surface area contributed by atoms with Crippen molar-refractivity contribution in [2.75, 3.05) is 5.88 Å². The maximum atomic E-state index is 11.9. The summed E-state index contributed by atoms with van der Waals surface area (Å²) in [7, 11) is 0. The number of aryl methyl sites for hydroxylation is 1. The Hall–Kier alpha value is -1.02. The number of hydrogen-bond donors (Lipinski definition) is 1. The molecule has 2 nitrogen and oxygen atoms in total. The van der Waals surface area contributed by atoms with Gasteiger partial charge < -0.3 is 5.32 Å². The number of rotatable bonds is 4. The Morgan fingerprint density at radius 2 is 2.24 bits per heavy atom. The van der Waals surface area contributed by atoms with E-state index in [0.717, 1.165) is 24.8 Å². The normalized spacial score (nSPS) is 17.3. The Bertz CT molecular complexity index is 407. The molecule has 1 aliphatic rings. The molecule has 0 radical (unpaired) electrons. The number of alkyl halides is 1. The van der Waals surface area contributed by atoms with Gasteiger partial charge in [-0.3, -0.25) is 4.79 Å². The molecule has 0 heterocycles. The van der Waals surface area contributed by atoms with E-state index in [1.54, 1.807) is 0 Å². The van der Waals surface area contributed by atoms with Crippen LogP contribution in [0.5, 0.6) is 0 Å². The average Bonchev–Trinajstić information content (AvgIpc) is 2.23. The Labute approximate surface area is 107 Å². The third-order valence-corrected chi connectivity index (χ3v) is 3.93. The van der Waals surface area contributed by atoms with E-state index < -0.39 is 0 Å². The molecule has 1 aromatic rings. The van der Waals surface area contributed by atoms with E-state index in [0.29, 0.717) is 12.3 Å². The highest BCUT2D eigenvalue weighted by molar-refractivity contribution is 6.18. The van der Waals surface area contributed by atoms with Gasteiger partial charge in [0, 0.05) is 5.88 Å². The molecule has 0 aromatic heterocycles. The van der Waals surface area contributed by atoms with E-state index >= 15 is 0 Å². The monoisotopic (exact) mass is 251 g/mol. The summed E-state index contributed by atoms with van der Waals surface area (Å²) in [5, 5.41) is 3.08. The molecule has 1 aliphatic carbocycles. The van der Waals surface area contributed by atoms with Crippen LogP contribution in [0.2, 0.25) is 0 Å². The fourth-order valence-electron chi connectivity index (χ4n) is 2.24. The van der Waals surface area contributed by atoms with Crippen LogP contribution in [0.15, 0.2) is 24.3 Å². The topological polar surface area (TPSA) is 29.1 Å². The minimum Gasteiger partial charge on any atom is -0.349 e. The summed E-state index contributed by atoms with van der Waals surface area (Å²) in [5.41, 5.74) is 2.13. The van der Waals surface area contributed by atoms with Gasteiger partial charge >= 0.3 is 0 Å². The summed E-state index contributed by atoms with van der Waals surface area (Å²) in [6.07, 6.45) is 3.63. The van der Waals surface area contributed by atoms with Crippen LogP contribution in [0.3, 0.4) is 0 Å². The summed E-state index contributed by atoms with van der Waals surface area (Å²) >= 11 is 5.92. The maximum Gasteiger partial charge on any atom is 0.224 e. The van der Waals surface area contributed by atoms with E-state index in [1.807, 2.05) is 31.2 Å². The first-order valence-corrected chi connectivity index (χ1v) is 6.60. The van der Waals surface area contributed by atoms with Crippen molar-refractivity contribution in [2.24, 2.45) is 0 Å². The van der Waals surface area contributed by atoms with Gasteiger partial charge in [0.1, 0.15) is 0 Å². The molecule has 1 N–H and O–H groups in total. The molecule has 0 saturated heterocycles. The Morgan fingerprint density at radius 1 is 1.47 bits per heavy atom. The SMILES string of the molecule is Cc1cccc(CC(=O)NC2(CCl)CCC2)c1. The van der Waals surface area contributed by atoms with Crippen molar-refractivity contribution in [3.8, 4) is 0 Å². The van der Waals surface area contributed by atoms with Crippen molar-refractivity contribution in [2.45, 2.75) is 38.1 Å². The Balaban J connectivity index is 1.93. The first kappa shape index (κ1) is 12.4. The van der Waals surface area contributed by atoms with Gasteiger partial charge in [0.15, 0.2) is 0 Å². The summed E-state index contributed by atoms with van der Waals surface area (Å²) in [5.74, 6) is 0.600. The van der Waals surface area contributed by atoms with Gasteiger partial charge in [-0.2, -0.15) is 0 Å². The molecule has 92 valence electrons. The van der Waals surface area contributed by atoms with Crippen LogP contribution in [-0.4, -0.2) is 17.3 Å². The van der Waals surface area contributed by atoms with Gasteiger partial charge in [0.25, 0.3) is 0 Å². The largest absolute Gasteiger partial charge is 0.349 e. The van der Waals surface area contributed by atoms with Crippen LogP contribution in [0.25, 0.3) is 0 Å². The summed E-state index contributed by atoms with van der Waals surface area (Å²) < 4.78 is 0. The summed E-state index contributed by atoms with van der Waals surface area (Å²) in [6.45, 7) is 2.04. The van der Waals surface area contributed by atoms with Crippen LogP contribution in [0, 0.1) is 6.92 Å². The van der Waals surface area contributed by atoms with E-state index in [-0.39, 0.29) is 11.4 Å². The number of benzene rings is 1. The van der Waals surface area contributed by atoms with Gasteiger partial charge in [-0.15, -0.1) is 11.6 Å². The second-order valence-electron chi connectivity index (χ2n) is 4.98. The zero-order valence-electron chi connectivity index (χ0n) is 10.1. The molecule has 1 aromatic carbocycles. The first-order chi connectivity index (χ1) is 8.13. The van der Waals surface area contributed by atoms with E-state index in [1.165, 1.54) is 5.56 Å². The smallest absolute Gasteiger partial charge is 0.224 e. The lowest BCUT2D eigenvalue weighted by Gasteiger charge is -2.41. The molecule has 0 aliphatic heterocycles. The van der Waals surface area contributed by atoms with Gasteiger partial charge in [-0.1, -0.05) is 29.8 Å². The van der Waals surface area contributed by atoms with Crippen molar-refractivity contribution in [3.05, 3.63) is 35.4 Å². The lowest BCUT2D eigenvalue weighted by Crippen LogP contribution is -2.55. The molecule has 2 rings (SSSR count). The summed E-state index contributed by atoms with van der Waals surface area (Å²) in [6, 6.07) is 8.06. The van der Waals surface area contributed by atoms with Gasteiger partial charge in [-0.05, 0) is 31.7 Å². The highest BCUT2D eigenvalue weighted by Gasteiger charge is 2.37. The standard InChI is InChI=1S/C14H18ClNO/c1-11-4-2-5-12(8-11)9-13(17)16-14(10-15)6-3-7-14/h2,4-5,8H,3,6-7,9-10H2,1H3,(H,16,17). The highest BCUT2D eigenvalue weighted by atomic mass is 35.5. The first-order valence-electron chi connectivity index (χ1n) is 6.06. The lowest BCUT2D eigenvalue weighted by molar-refractivity contribution is -0.123. The molecule has 1 saturated carbocycles. The number of hydrogen-bond acceptors (Lipinski definition) is 1. The fourth-order valence-corrected chi connectivity index (χ4v) is 2.58. The van der Waals surface area contributed by atoms with E-state index in [9.17, 15) is 4.79 Å². The van der Waals surface area contributed by atoms with Crippen LogP contribution in [-0.2, 0) is 11.2 Å². The molecule has 3 heteroatoms. The molecule has 17 heavy (non-hydrogen) atoms. The lowest BCUT2D eigenvalue weighted by atomic mass is 9.78. The fraction of sp³-hybridized carbons (Fsp3) is 0.500. The second-order valence-corrected chi connectivity index (χ2v) is 5.25. The number of amides is 1. The van der Waals surface area contributed by atoms with Gasteiger partial charge in [-0.25, -0.2) is 0 Å². The number of carbonyl (C=O) groups excluding carboxylic acids is 1. The minimum absolute atomic E-state index is 0.0796. The molecular weight excluding hydrogens is 234 g/mol. The number of halogens is 1. The maximum absolute atomic E-state index is 11.9. The highest BCUT2D eigenvalue weighted by Crippen LogP contribution is 2.32. The Morgan fingerprint density at radius 3 is 2.76 bits per heavy atom. The van der Waals surface area contributed by atoms with Crippen molar-refractivity contribution >= 4 is 17.5 Å². The van der Waals surface area contributed by atoms with Gasteiger partial charge in [0.2, 0.25) is 5.91 Å². The van der Waals surface area contributed by atoms with Crippen LogP contribution >= 0.6 is 11.6 Å². The number of nitrogens with one attached hydrogen (secondary N) is 1. The van der Waals surface area contributed by atoms with Crippen LogP contribution < -0.4 is 5.32 Å². The quantitative estimate of drug-likeness (QED) is 0.820. The minimum atomic E-state index is -0.123. The Kier molecular flexibility index (Phi) is 3.72. The molecule has 1 amide bonds. The average molecular weight is 252 g/mol. The molecule has 0 bridgehead atoms. The predicted octanol–water partition coefficient (Wildman–Crippen LogP) is 2.82. The van der Waals surface area contributed by atoms with Crippen molar-refractivity contribution in [3.63, 3.8) is 0 Å². The second kappa shape index (κ2) is 5.09. The van der Waals surface area contributed by atoms with Crippen molar-refractivity contribution in [1.82, 2.24) is 5.32 Å². The molecular formula is C14H18ClNO. The van der Waals surface area contributed by atoms with Crippen LogP contribution in [0.1, 0.15) is 30.4 Å². The zero-order valence-corrected chi connectivity index (χ0v) is 10.9. The van der Waals surface area contributed by atoms with E-state index in [2.05, 4.69) is 5.32 Å². The van der Waals surface area contributed by atoms with Crippen molar-refractivity contribution < 1.29 is 4.79 Å². The third kappa shape index (κ3) is 3.01. The molecule has 1 fully saturated rings. The van der Waals surface area contributed by atoms with Crippen molar-refractivity contribution in [1.29, 1.82) is 0 Å². The third-order valence-electron chi connectivity index (χ3n) is 3.42. The number of carbonyl (C=O) groups is 1. The van der Waals surface area contributed by atoms with E-state index in [4.69, 9.17) is 11.6 Å². The molecule has 0 unspecified atom stereocenters. The van der Waals surface area contributed by atoms with Crippen LogP contribution in [0.4, 0.5) is 0 Å². The summed E-state index contributed by atoms with van der Waals surface area (Å²) in [4.78, 5) is 11.9. The van der Waals surface area contributed by atoms with Gasteiger partial charge in [0.05, 0.1) is 12.0 Å².